The van der Waals surface area contributed by atoms with E-state index in [4.69, 9.17) is 0 Å². The van der Waals surface area contributed by atoms with Crippen LogP contribution in [0.15, 0.2) is 46.2 Å². The molecule has 0 saturated heterocycles. The first-order valence-electron chi connectivity index (χ1n) is 29.5. The first kappa shape index (κ1) is 56.0. The third kappa shape index (κ3) is 20.2. The van der Waals surface area contributed by atoms with Crippen LogP contribution >= 0.6 is 0 Å². The fourth-order valence-electron chi connectivity index (χ4n) is 11.5. The monoisotopic (exact) mass is 909 g/mol. The van der Waals surface area contributed by atoms with E-state index in [1.54, 1.807) is 0 Å². The molecule has 0 bridgehead atoms. The quantitative estimate of drug-likeness (QED) is 0.0415. The normalized spacial score (nSPS) is 13.0. The number of fused-ring (bicyclic) bond motifs is 3. The number of unbranched alkanes of at least 4 members (excludes halogenated alkanes) is 32. The van der Waals surface area contributed by atoms with E-state index in [0.29, 0.717) is 11.8 Å². The van der Waals surface area contributed by atoms with Crippen LogP contribution in [0.1, 0.15) is 296 Å². The zero-order valence-electron chi connectivity index (χ0n) is 44.0. The molecule has 0 aliphatic carbocycles. The van der Waals surface area contributed by atoms with Crippen LogP contribution in [-0.4, -0.2) is 8.80 Å². The highest BCUT2D eigenvalue weighted by molar-refractivity contribution is 5.95. The molecule has 4 heteroatoms. The molecule has 0 aliphatic rings. The van der Waals surface area contributed by atoms with Gasteiger partial charge in [-0.3, -0.25) is 18.4 Å². The third-order valence-corrected chi connectivity index (χ3v) is 15.7. The Bertz CT molecular complexity index is 1770. The van der Waals surface area contributed by atoms with Gasteiger partial charge in [0, 0.05) is 12.4 Å². The third-order valence-electron chi connectivity index (χ3n) is 15.7. The Kier molecular flexibility index (Phi) is 30.1. The molecule has 2 atom stereocenters. The number of hydrogen-bond acceptors (Lipinski definition) is 2. The maximum atomic E-state index is 14.9. The topological polar surface area (TPSA) is 43.0 Å². The summed E-state index contributed by atoms with van der Waals surface area (Å²) in [6, 6.07) is 8.34. The summed E-state index contributed by atoms with van der Waals surface area (Å²) in [5, 5.41) is 1.47. The van der Waals surface area contributed by atoms with Crippen LogP contribution in [0.5, 0.6) is 0 Å². The van der Waals surface area contributed by atoms with Crippen molar-refractivity contribution < 1.29 is 0 Å². The predicted octanol–water partition coefficient (Wildman–Crippen LogP) is 19.5. The van der Waals surface area contributed by atoms with Gasteiger partial charge in [0.1, 0.15) is 0 Å². The second kappa shape index (κ2) is 35.5. The van der Waals surface area contributed by atoms with Crippen LogP contribution in [0, 0.1) is 11.8 Å². The Hall–Kier alpha value is -2.62. The Morgan fingerprint density at radius 2 is 0.561 bits per heavy atom. The van der Waals surface area contributed by atoms with Gasteiger partial charge in [-0.2, -0.15) is 0 Å². The number of rotatable bonds is 44. The van der Waals surface area contributed by atoms with Crippen molar-refractivity contribution in [2.45, 2.75) is 297 Å². The largest absolute Gasteiger partial charge is 0.283 e. The molecule has 66 heavy (non-hydrogen) atoms. The van der Waals surface area contributed by atoms with Gasteiger partial charge < -0.3 is 0 Å². The lowest BCUT2D eigenvalue weighted by atomic mass is 9.85. The Morgan fingerprint density at radius 1 is 0.333 bits per heavy atom. The van der Waals surface area contributed by atoms with E-state index in [9.17, 15) is 9.59 Å². The average molecular weight is 910 g/mol. The number of pyridine rings is 2. The van der Waals surface area contributed by atoms with Crippen molar-refractivity contribution in [3.05, 3.63) is 68.5 Å². The van der Waals surface area contributed by atoms with E-state index in [0.717, 1.165) is 45.8 Å². The molecule has 0 aromatic carbocycles. The van der Waals surface area contributed by atoms with Gasteiger partial charge >= 0.3 is 0 Å². The maximum absolute atomic E-state index is 14.9. The molecule has 0 saturated carbocycles. The van der Waals surface area contributed by atoms with Crippen molar-refractivity contribution in [3.8, 4) is 0 Å². The summed E-state index contributed by atoms with van der Waals surface area (Å²) in [7, 11) is 0. The van der Waals surface area contributed by atoms with Gasteiger partial charge in [-0.05, 0) is 60.1 Å². The van der Waals surface area contributed by atoms with E-state index in [2.05, 4.69) is 39.8 Å². The van der Waals surface area contributed by atoms with Crippen molar-refractivity contribution in [1.82, 2.24) is 8.80 Å². The molecule has 4 rings (SSSR count). The highest BCUT2D eigenvalue weighted by atomic mass is 16.1. The first-order valence-corrected chi connectivity index (χ1v) is 29.5. The molecule has 0 fully saturated rings. The minimum absolute atomic E-state index is 0.0173. The lowest BCUT2D eigenvalue weighted by Crippen LogP contribution is -2.25. The summed E-state index contributed by atoms with van der Waals surface area (Å²) in [5.74, 6) is 1.04. The summed E-state index contributed by atoms with van der Waals surface area (Å²) < 4.78 is 3.84. The van der Waals surface area contributed by atoms with Crippen molar-refractivity contribution in [2.24, 2.45) is 11.8 Å². The smallest absolute Gasteiger partial charge is 0.263 e. The number of aromatic nitrogens is 2. The van der Waals surface area contributed by atoms with Crippen LogP contribution in [0.2, 0.25) is 0 Å². The zero-order valence-corrected chi connectivity index (χ0v) is 44.0. The molecule has 4 nitrogen and oxygen atoms in total. The fourth-order valence-corrected chi connectivity index (χ4v) is 11.5. The first-order chi connectivity index (χ1) is 32.5. The average Bonchev–Trinajstić information content (AvgIpc) is 4.03. The van der Waals surface area contributed by atoms with Crippen LogP contribution in [-0.2, 0) is 12.8 Å². The highest BCUT2D eigenvalue weighted by Crippen LogP contribution is 2.33. The van der Waals surface area contributed by atoms with Gasteiger partial charge in [0.25, 0.3) is 11.1 Å². The second-order valence-electron chi connectivity index (χ2n) is 21.5. The molecule has 374 valence electrons. The lowest BCUT2D eigenvalue weighted by molar-refractivity contribution is 0.400. The maximum Gasteiger partial charge on any atom is 0.263 e. The standard InChI is InChI=1S/C62H104N2O2/c1-5-9-13-17-21-25-27-31-35-39-45-53(43-37-33-29-23-19-15-11-7-3)51-55-57-47-41-49-63(57)62(66)60-56(58-48-42-50-64(58)61(65)59(55)60)52-54(44-38-34-30-24-20-16-12-8-4)46-40-36-32-28-26-22-18-14-10-6-2/h41-42,47-50,53-54H,5-40,43-46,51-52H2,1-4H3. The molecular weight excluding hydrogens is 805 g/mol. The fraction of sp³-hybridized carbons (Fsp3) is 0.774. The predicted molar refractivity (Wildman–Crippen MR) is 291 cm³/mol. The molecular formula is C62H104N2O2. The van der Waals surface area contributed by atoms with Crippen molar-refractivity contribution in [1.29, 1.82) is 0 Å². The van der Waals surface area contributed by atoms with Gasteiger partial charge in [0.05, 0.1) is 21.8 Å². The molecule has 2 unspecified atom stereocenters. The van der Waals surface area contributed by atoms with Crippen molar-refractivity contribution >= 4 is 21.8 Å². The van der Waals surface area contributed by atoms with E-state index in [1.807, 2.05) is 33.3 Å². The second-order valence-corrected chi connectivity index (χ2v) is 21.5. The Morgan fingerprint density at radius 3 is 0.803 bits per heavy atom. The van der Waals surface area contributed by atoms with Crippen LogP contribution in [0.4, 0.5) is 0 Å². The van der Waals surface area contributed by atoms with Crippen LogP contribution in [0.3, 0.4) is 0 Å². The van der Waals surface area contributed by atoms with Crippen LogP contribution in [0.25, 0.3) is 21.8 Å². The number of nitrogens with zero attached hydrogens (tertiary/aromatic N) is 2. The van der Waals surface area contributed by atoms with Gasteiger partial charge in [-0.15, -0.1) is 0 Å². The summed E-state index contributed by atoms with van der Waals surface area (Å²) in [6.45, 7) is 9.21. The van der Waals surface area contributed by atoms with Crippen molar-refractivity contribution in [2.75, 3.05) is 0 Å². The lowest BCUT2D eigenvalue weighted by Gasteiger charge is -2.22. The highest BCUT2D eigenvalue weighted by Gasteiger charge is 2.25. The molecule has 4 heterocycles. The molecule has 0 spiro atoms. The SMILES string of the molecule is CCCCCCCCCCCCC(CCCCCCCCCC)Cc1c2c(=O)n3cccc3c(CC(CCCCCCCCCC)CCCCCCCCCCCC)c2c(=O)n2cccc12. The molecule has 0 aliphatic heterocycles. The zero-order chi connectivity index (χ0) is 46.9. The number of hydrogen-bond donors (Lipinski definition) is 0. The van der Waals surface area contributed by atoms with Crippen molar-refractivity contribution in [3.63, 3.8) is 0 Å². The minimum atomic E-state index is 0.0173. The molecule has 0 N–H and O–H groups in total. The van der Waals surface area contributed by atoms with Gasteiger partial charge in [0.2, 0.25) is 0 Å². The van der Waals surface area contributed by atoms with Gasteiger partial charge in [-0.25, -0.2) is 0 Å². The Labute approximate surface area is 406 Å². The molecule has 0 amide bonds. The van der Waals surface area contributed by atoms with E-state index >= 15 is 0 Å². The summed E-state index contributed by atoms with van der Waals surface area (Å²) >= 11 is 0. The molecule has 4 aromatic rings. The van der Waals surface area contributed by atoms with Crippen LogP contribution < -0.4 is 11.1 Å². The van der Waals surface area contributed by atoms with E-state index < -0.39 is 0 Å². The van der Waals surface area contributed by atoms with E-state index in [1.165, 1.54) is 257 Å². The van der Waals surface area contributed by atoms with E-state index in [-0.39, 0.29) is 11.1 Å². The Balaban J connectivity index is 1.57. The van der Waals surface area contributed by atoms with Gasteiger partial charge in [0.15, 0.2) is 0 Å². The summed E-state index contributed by atoms with van der Waals surface area (Å²) in [4.78, 5) is 29.8. The van der Waals surface area contributed by atoms with Gasteiger partial charge in [-0.1, -0.05) is 285 Å². The minimum Gasteiger partial charge on any atom is -0.283 e. The molecule has 0 radical (unpaired) electrons. The summed E-state index contributed by atoms with van der Waals surface area (Å²) in [5.41, 5.74) is 4.25. The molecule has 4 aromatic heterocycles. The summed E-state index contributed by atoms with van der Waals surface area (Å²) in [6.07, 6.45) is 59.1.